The highest BCUT2D eigenvalue weighted by molar-refractivity contribution is 5.91. The van der Waals surface area contributed by atoms with Gasteiger partial charge >= 0.3 is 6.18 Å². The van der Waals surface area contributed by atoms with Crippen molar-refractivity contribution in [3.63, 3.8) is 0 Å². The number of carbonyl (C=O) groups excluding carboxylic acids is 1. The molecule has 2 heterocycles. The van der Waals surface area contributed by atoms with Gasteiger partial charge in [-0.2, -0.15) is 13.2 Å². The molecule has 2 N–H and O–H groups in total. The van der Waals surface area contributed by atoms with E-state index in [9.17, 15) is 32.6 Å². The Balaban J connectivity index is 1.73. The Bertz CT molecular complexity index is 938. The lowest BCUT2D eigenvalue weighted by atomic mass is 9.74. The van der Waals surface area contributed by atoms with Gasteiger partial charge in [-0.15, -0.1) is 0 Å². The number of furan rings is 1. The quantitative estimate of drug-likeness (QED) is 0.648. The van der Waals surface area contributed by atoms with Crippen LogP contribution in [0.25, 0.3) is 0 Å². The van der Waals surface area contributed by atoms with Crippen molar-refractivity contribution >= 4 is 5.91 Å². The van der Waals surface area contributed by atoms with E-state index in [-0.39, 0.29) is 49.2 Å². The fraction of sp³-hybridized carbons (Fsp3) is 0.500. The highest BCUT2D eigenvalue weighted by Crippen LogP contribution is 2.44. The molecule has 1 aliphatic rings. The number of rotatable bonds is 6. The Hall–Kier alpha value is -2.59. The lowest BCUT2D eigenvalue weighted by Crippen LogP contribution is -2.59. The molecule has 0 spiro atoms. The van der Waals surface area contributed by atoms with Crippen molar-refractivity contribution in [2.45, 2.75) is 37.5 Å². The average Bonchev–Trinajstić information content (AvgIpc) is 3.23. The van der Waals surface area contributed by atoms with E-state index in [1.807, 2.05) is 0 Å². The number of hydrogen-bond donors (Lipinski definition) is 2. The van der Waals surface area contributed by atoms with E-state index in [0.717, 1.165) is 18.2 Å². The summed E-state index contributed by atoms with van der Waals surface area (Å²) in [7, 11) is 0. The van der Waals surface area contributed by atoms with Gasteiger partial charge in [0.1, 0.15) is 11.6 Å². The van der Waals surface area contributed by atoms with Crippen LogP contribution in [0.3, 0.4) is 0 Å². The highest BCUT2D eigenvalue weighted by atomic mass is 19.4. The second-order valence-corrected chi connectivity index (χ2v) is 8.80. The lowest BCUT2D eigenvalue weighted by molar-refractivity contribution is -0.272. The van der Waals surface area contributed by atoms with Gasteiger partial charge in [0.05, 0.1) is 6.26 Å². The van der Waals surface area contributed by atoms with Crippen LogP contribution in [0.4, 0.5) is 17.6 Å². The zero-order valence-corrected chi connectivity index (χ0v) is 17.8. The number of piperazine rings is 1. The molecular weight excluding hydrogens is 432 g/mol. The minimum absolute atomic E-state index is 0.0194. The molecule has 2 aromatic rings. The first-order valence-electron chi connectivity index (χ1n) is 10.2. The summed E-state index contributed by atoms with van der Waals surface area (Å²) in [6, 6.07) is 6.15. The molecule has 1 aromatic carbocycles. The van der Waals surface area contributed by atoms with E-state index in [1.54, 1.807) is 6.07 Å². The number of aromatic hydroxyl groups is 1. The topological polar surface area (TPSA) is 77.2 Å². The average molecular weight is 458 g/mol. The molecule has 1 amide bonds. The Kier molecular flexibility index (Phi) is 6.57. The molecule has 32 heavy (non-hydrogen) atoms. The van der Waals surface area contributed by atoms with Gasteiger partial charge in [0, 0.05) is 38.3 Å². The molecule has 1 atom stereocenters. The number of halogens is 4. The molecule has 0 aliphatic carbocycles. The van der Waals surface area contributed by atoms with Gasteiger partial charge in [0.25, 0.3) is 5.91 Å². The summed E-state index contributed by atoms with van der Waals surface area (Å²) < 4.78 is 60.7. The van der Waals surface area contributed by atoms with Gasteiger partial charge in [0.15, 0.2) is 11.4 Å². The fourth-order valence-electron chi connectivity index (χ4n) is 4.16. The maximum absolute atomic E-state index is 14.0. The zero-order valence-electron chi connectivity index (χ0n) is 17.8. The molecule has 0 saturated carbocycles. The van der Waals surface area contributed by atoms with E-state index in [2.05, 4.69) is 0 Å². The summed E-state index contributed by atoms with van der Waals surface area (Å²) >= 11 is 0. The second-order valence-electron chi connectivity index (χ2n) is 8.80. The molecule has 0 radical (unpaired) electrons. The van der Waals surface area contributed by atoms with Crippen molar-refractivity contribution in [1.29, 1.82) is 0 Å². The maximum Gasteiger partial charge on any atom is 0.418 e. The lowest BCUT2D eigenvalue weighted by Gasteiger charge is -2.43. The van der Waals surface area contributed by atoms with Crippen LogP contribution in [-0.4, -0.2) is 70.4 Å². The van der Waals surface area contributed by atoms with Crippen molar-refractivity contribution in [1.82, 2.24) is 9.80 Å². The first-order chi connectivity index (χ1) is 14.8. The number of carbonyl (C=O) groups is 1. The number of β-amino-alcohol motifs (C(OH)–C–C–N with tert-alkyl or cyclic N) is 1. The number of aliphatic hydroxyl groups is 1. The fourth-order valence-corrected chi connectivity index (χ4v) is 4.16. The van der Waals surface area contributed by atoms with Crippen molar-refractivity contribution in [2.24, 2.45) is 0 Å². The predicted molar refractivity (Wildman–Crippen MR) is 108 cm³/mol. The van der Waals surface area contributed by atoms with Gasteiger partial charge < -0.3 is 19.5 Å². The molecule has 6 nitrogen and oxygen atoms in total. The molecule has 1 aromatic heterocycles. The second kappa shape index (κ2) is 8.74. The summed E-state index contributed by atoms with van der Waals surface area (Å²) in [5.74, 6) is -1.23. The molecule has 1 aliphatic heterocycles. The zero-order chi connectivity index (χ0) is 23.7. The minimum atomic E-state index is -4.96. The van der Waals surface area contributed by atoms with Gasteiger partial charge in [-0.25, -0.2) is 4.39 Å². The summed E-state index contributed by atoms with van der Waals surface area (Å²) in [6.45, 7) is 2.76. The predicted octanol–water partition coefficient (Wildman–Crippen LogP) is 3.54. The molecular formula is C22H26F4N2O4. The first-order valence-corrected chi connectivity index (χ1v) is 10.2. The Morgan fingerprint density at radius 3 is 2.34 bits per heavy atom. The molecule has 1 fully saturated rings. The Morgan fingerprint density at radius 1 is 1.12 bits per heavy atom. The first kappa shape index (κ1) is 24.1. The van der Waals surface area contributed by atoms with Crippen LogP contribution in [0.1, 0.15) is 36.4 Å². The van der Waals surface area contributed by atoms with Crippen molar-refractivity contribution in [2.75, 3.05) is 32.7 Å². The van der Waals surface area contributed by atoms with Crippen LogP contribution in [0.2, 0.25) is 0 Å². The van der Waals surface area contributed by atoms with E-state index in [0.29, 0.717) is 0 Å². The highest BCUT2D eigenvalue weighted by Gasteiger charge is 2.57. The van der Waals surface area contributed by atoms with E-state index >= 15 is 0 Å². The largest absolute Gasteiger partial charge is 0.508 e. The van der Waals surface area contributed by atoms with E-state index < -0.39 is 36.0 Å². The third kappa shape index (κ3) is 5.07. The van der Waals surface area contributed by atoms with E-state index in [4.69, 9.17) is 4.42 Å². The molecule has 0 bridgehead atoms. The number of benzene rings is 1. The van der Waals surface area contributed by atoms with Crippen LogP contribution in [-0.2, 0) is 5.41 Å². The number of phenolic OH excluding ortho intramolecular Hbond substituents is 1. The molecule has 1 saturated heterocycles. The van der Waals surface area contributed by atoms with Crippen LogP contribution in [0, 0.1) is 5.82 Å². The third-order valence-corrected chi connectivity index (χ3v) is 5.83. The number of hydrogen-bond acceptors (Lipinski definition) is 5. The number of alkyl halides is 3. The normalized spacial score (nSPS) is 17.9. The standard InChI is InChI=1S/C22H26F4N2O4/c1-20(2,16-12-15(23)5-6-17(16)29)13-21(31,22(24,25)26)14-27-7-9-28(10-8-27)19(30)18-4-3-11-32-18/h3-6,11-12,29,31H,7-10,13-14H2,1-2H3. The molecule has 1 unspecified atom stereocenters. The van der Waals surface area contributed by atoms with Crippen molar-refractivity contribution in [3.8, 4) is 5.75 Å². The van der Waals surface area contributed by atoms with Crippen LogP contribution < -0.4 is 0 Å². The van der Waals surface area contributed by atoms with Gasteiger partial charge in [-0.05, 0) is 42.2 Å². The third-order valence-electron chi connectivity index (χ3n) is 5.83. The summed E-state index contributed by atoms with van der Waals surface area (Å²) in [5.41, 5.74) is -4.51. The van der Waals surface area contributed by atoms with Crippen LogP contribution >= 0.6 is 0 Å². The minimum Gasteiger partial charge on any atom is -0.508 e. The summed E-state index contributed by atoms with van der Waals surface area (Å²) in [6.07, 6.45) is -4.38. The number of phenols is 1. The van der Waals surface area contributed by atoms with E-state index in [1.165, 1.54) is 36.0 Å². The monoisotopic (exact) mass is 458 g/mol. The molecule has 10 heteroatoms. The number of nitrogens with zero attached hydrogens (tertiary/aromatic N) is 2. The van der Waals surface area contributed by atoms with Gasteiger partial charge in [0.2, 0.25) is 0 Å². The van der Waals surface area contributed by atoms with Crippen molar-refractivity contribution in [3.05, 3.63) is 53.7 Å². The van der Waals surface area contributed by atoms with Gasteiger partial charge in [-0.1, -0.05) is 13.8 Å². The number of amides is 1. The Labute approximate surface area is 183 Å². The summed E-state index contributed by atoms with van der Waals surface area (Å²) in [4.78, 5) is 15.3. The SMILES string of the molecule is CC(C)(CC(O)(CN1CCN(C(=O)c2ccco2)CC1)C(F)(F)F)c1cc(F)ccc1O. The van der Waals surface area contributed by atoms with Crippen molar-refractivity contribution < 1.29 is 37.0 Å². The smallest absolute Gasteiger partial charge is 0.418 e. The maximum atomic E-state index is 14.0. The molecule has 176 valence electrons. The van der Waals surface area contributed by atoms with Gasteiger partial charge in [-0.3, -0.25) is 9.69 Å². The van der Waals surface area contributed by atoms with Crippen LogP contribution in [0.15, 0.2) is 41.0 Å². The van der Waals surface area contributed by atoms with Crippen LogP contribution in [0.5, 0.6) is 5.75 Å². The summed E-state index contributed by atoms with van der Waals surface area (Å²) in [5, 5.41) is 20.8. The Morgan fingerprint density at radius 2 is 1.78 bits per heavy atom. The molecule has 3 rings (SSSR count).